The van der Waals surface area contributed by atoms with E-state index in [-0.39, 0.29) is 0 Å². The van der Waals surface area contributed by atoms with Gasteiger partial charge in [0.05, 0.1) is 7.11 Å². The SMILES string of the molecule is COc1ccc(Cc2nn3c(C)nnc3s2)cc1. The second kappa shape index (κ2) is 4.38. The molecule has 0 radical (unpaired) electrons. The van der Waals surface area contributed by atoms with Crippen molar-refractivity contribution >= 4 is 16.3 Å². The molecule has 0 fully saturated rings. The first-order valence-electron chi connectivity index (χ1n) is 5.57. The molecule has 5 nitrogen and oxygen atoms in total. The number of nitrogens with zero attached hydrogens (tertiary/aromatic N) is 4. The fraction of sp³-hybridized carbons (Fsp3) is 0.250. The third-order valence-corrected chi connectivity index (χ3v) is 3.60. The van der Waals surface area contributed by atoms with Crippen LogP contribution in [0.4, 0.5) is 0 Å². The molecule has 2 heterocycles. The van der Waals surface area contributed by atoms with E-state index >= 15 is 0 Å². The Balaban J connectivity index is 1.86. The number of methoxy groups -OCH3 is 1. The largest absolute Gasteiger partial charge is 0.497 e. The Kier molecular flexibility index (Phi) is 2.71. The van der Waals surface area contributed by atoms with E-state index in [0.717, 1.165) is 28.0 Å². The van der Waals surface area contributed by atoms with Crippen LogP contribution in [0.1, 0.15) is 16.4 Å². The highest BCUT2D eigenvalue weighted by Crippen LogP contribution is 2.19. The lowest BCUT2D eigenvalue weighted by Crippen LogP contribution is -1.92. The van der Waals surface area contributed by atoms with Crippen LogP contribution in [0.15, 0.2) is 24.3 Å². The summed E-state index contributed by atoms with van der Waals surface area (Å²) in [4.78, 5) is 0.844. The minimum Gasteiger partial charge on any atom is -0.497 e. The average Bonchev–Trinajstić information content (AvgIpc) is 2.93. The summed E-state index contributed by atoms with van der Waals surface area (Å²) in [6.45, 7) is 1.90. The minimum atomic E-state index is 0.803. The molecule has 0 amide bonds. The third kappa shape index (κ3) is 1.95. The Morgan fingerprint density at radius 2 is 2.00 bits per heavy atom. The van der Waals surface area contributed by atoms with Crippen molar-refractivity contribution in [3.05, 3.63) is 40.7 Å². The van der Waals surface area contributed by atoms with Crippen molar-refractivity contribution in [1.29, 1.82) is 0 Å². The number of aryl methyl sites for hydroxylation is 1. The molecular weight excluding hydrogens is 248 g/mol. The monoisotopic (exact) mass is 260 g/mol. The van der Waals surface area contributed by atoms with Crippen LogP contribution in [0.3, 0.4) is 0 Å². The van der Waals surface area contributed by atoms with Gasteiger partial charge in [0.2, 0.25) is 4.96 Å². The number of aromatic nitrogens is 4. The highest BCUT2D eigenvalue weighted by molar-refractivity contribution is 7.16. The summed E-state index contributed by atoms with van der Waals surface area (Å²) < 4.78 is 6.92. The summed E-state index contributed by atoms with van der Waals surface area (Å²) in [7, 11) is 1.67. The summed E-state index contributed by atoms with van der Waals surface area (Å²) in [6, 6.07) is 8.02. The molecule has 0 aliphatic rings. The first kappa shape index (κ1) is 11.2. The minimum absolute atomic E-state index is 0.803. The number of benzene rings is 1. The predicted molar refractivity (Wildman–Crippen MR) is 69.2 cm³/mol. The van der Waals surface area contributed by atoms with Crippen LogP contribution in [-0.4, -0.2) is 26.9 Å². The van der Waals surface area contributed by atoms with Crippen LogP contribution in [0.25, 0.3) is 4.96 Å². The molecule has 0 aliphatic heterocycles. The van der Waals surface area contributed by atoms with Gasteiger partial charge in [-0.3, -0.25) is 0 Å². The highest BCUT2D eigenvalue weighted by Gasteiger charge is 2.08. The van der Waals surface area contributed by atoms with E-state index in [2.05, 4.69) is 15.3 Å². The van der Waals surface area contributed by atoms with Gasteiger partial charge in [0.15, 0.2) is 5.82 Å². The molecule has 92 valence electrons. The van der Waals surface area contributed by atoms with Crippen molar-refractivity contribution in [1.82, 2.24) is 19.8 Å². The third-order valence-electron chi connectivity index (χ3n) is 2.70. The molecule has 0 aliphatic carbocycles. The average molecular weight is 260 g/mol. The molecule has 3 rings (SSSR count). The van der Waals surface area contributed by atoms with Gasteiger partial charge in [-0.15, -0.1) is 10.2 Å². The Hall–Kier alpha value is -1.95. The molecule has 0 bridgehead atoms. The number of rotatable bonds is 3. The van der Waals surface area contributed by atoms with Gasteiger partial charge >= 0.3 is 0 Å². The maximum Gasteiger partial charge on any atom is 0.234 e. The van der Waals surface area contributed by atoms with Crippen LogP contribution in [0, 0.1) is 6.92 Å². The molecule has 0 spiro atoms. The van der Waals surface area contributed by atoms with Crippen LogP contribution in [0.2, 0.25) is 0 Å². The molecule has 0 saturated carbocycles. The summed E-state index contributed by atoms with van der Waals surface area (Å²) >= 11 is 1.57. The van der Waals surface area contributed by atoms with E-state index in [1.54, 1.807) is 23.0 Å². The molecule has 0 atom stereocenters. The zero-order valence-corrected chi connectivity index (χ0v) is 10.9. The molecule has 18 heavy (non-hydrogen) atoms. The van der Waals surface area contributed by atoms with Gasteiger partial charge < -0.3 is 4.74 Å². The Labute approximate surface area is 108 Å². The fourth-order valence-electron chi connectivity index (χ4n) is 1.74. The number of ether oxygens (including phenoxy) is 1. The quantitative estimate of drug-likeness (QED) is 0.723. The molecule has 1 aromatic carbocycles. The second-order valence-corrected chi connectivity index (χ2v) is 5.00. The predicted octanol–water partition coefficient (Wildman–Crippen LogP) is 2.09. The Bertz CT molecular complexity index is 671. The molecule has 0 N–H and O–H groups in total. The fourth-order valence-corrected chi connectivity index (χ4v) is 2.66. The Morgan fingerprint density at radius 1 is 1.22 bits per heavy atom. The second-order valence-electron chi connectivity index (χ2n) is 3.96. The lowest BCUT2D eigenvalue weighted by molar-refractivity contribution is 0.414. The van der Waals surface area contributed by atoms with E-state index in [1.807, 2.05) is 31.2 Å². The van der Waals surface area contributed by atoms with Crippen molar-refractivity contribution in [3.8, 4) is 5.75 Å². The first-order valence-corrected chi connectivity index (χ1v) is 6.38. The molecule has 6 heteroatoms. The van der Waals surface area contributed by atoms with Gasteiger partial charge in [-0.05, 0) is 24.6 Å². The maximum atomic E-state index is 5.14. The molecule has 0 saturated heterocycles. The van der Waals surface area contributed by atoms with Crippen molar-refractivity contribution in [3.63, 3.8) is 0 Å². The molecule has 3 aromatic rings. The Morgan fingerprint density at radius 3 is 2.67 bits per heavy atom. The van der Waals surface area contributed by atoms with Crippen LogP contribution in [-0.2, 0) is 6.42 Å². The smallest absolute Gasteiger partial charge is 0.234 e. The van der Waals surface area contributed by atoms with Gasteiger partial charge in [-0.2, -0.15) is 9.61 Å². The lowest BCUT2D eigenvalue weighted by Gasteiger charge is -2.00. The molecule has 2 aromatic heterocycles. The van der Waals surface area contributed by atoms with Crippen molar-refractivity contribution in [2.24, 2.45) is 0 Å². The first-order chi connectivity index (χ1) is 8.76. The lowest BCUT2D eigenvalue weighted by atomic mass is 10.1. The van der Waals surface area contributed by atoms with E-state index in [0.29, 0.717) is 0 Å². The molecular formula is C12H12N4OS. The van der Waals surface area contributed by atoms with Gasteiger partial charge in [0.25, 0.3) is 0 Å². The number of fused-ring (bicyclic) bond motifs is 1. The van der Waals surface area contributed by atoms with Crippen LogP contribution >= 0.6 is 11.3 Å². The van der Waals surface area contributed by atoms with E-state index in [4.69, 9.17) is 4.74 Å². The van der Waals surface area contributed by atoms with Crippen molar-refractivity contribution < 1.29 is 4.74 Å². The van der Waals surface area contributed by atoms with Crippen LogP contribution in [0.5, 0.6) is 5.75 Å². The normalized spacial score (nSPS) is 11.0. The molecule has 0 unspecified atom stereocenters. The van der Waals surface area contributed by atoms with Gasteiger partial charge in [-0.1, -0.05) is 23.5 Å². The standard InChI is InChI=1S/C12H12N4OS/c1-8-13-14-12-16(8)15-11(18-12)7-9-3-5-10(17-2)6-4-9/h3-6H,7H2,1-2H3. The van der Waals surface area contributed by atoms with Gasteiger partial charge in [-0.25, -0.2) is 0 Å². The van der Waals surface area contributed by atoms with Crippen molar-refractivity contribution in [2.75, 3.05) is 7.11 Å². The zero-order chi connectivity index (χ0) is 12.5. The summed E-state index contributed by atoms with van der Waals surface area (Å²) in [5, 5.41) is 13.6. The zero-order valence-electron chi connectivity index (χ0n) is 10.1. The van der Waals surface area contributed by atoms with E-state index < -0.39 is 0 Å². The summed E-state index contributed by atoms with van der Waals surface area (Å²) in [5.74, 6) is 1.69. The summed E-state index contributed by atoms with van der Waals surface area (Å²) in [6.07, 6.45) is 0.803. The topological polar surface area (TPSA) is 52.3 Å². The van der Waals surface area contributed by atoms with Gasteiger partial charge in [0.1, 0.15) is 10.8 Å². The summed E-state index contributed by atoms with van der Waals surface area (Å²) in [5.41, 5.74) is 1.21. The van der Waals surface area contributed by atoms with E-state index in [1.165, 1.54) is 5.56 Å². The van der Waals surface area contributed by atoms with Crippen LogP contribution < -0.4 is 4.74 Å². The number of hydrogen-bond acceptors (Lipinski definition) is 5. The highest BCUT2D eigenvalue weighted by atomic mass is 32.1. The maximum absolute atomic E-state index is 5.14. The van der Waals surface area contributed by atoms with E-state index in [9.17, 15) is 0 Å². The number of hydrogen-bond donors (Lipinski definition) is 0. The van der Waals surface area contributed by atoms with Crippen molar-refractivity contribution in [2.45, 2.75) is 13.3 Å². The van der Waals surface area contributed by atoms with Gasteiger partial charge in [0, 0.05) is 6.42 Å².